The average Bonchev–Trinajstić information content (AvgIpc) is 2.48. The van der Waals surface area contributed by atoms with Crippen molar-refractivity contribution in [2.45, 2.75) is 19.1 Å². The van der Waals surface area contributed by atoms with Gasteiger partial charge >= 0.3 is 5.97 Å². The Hall–Kier alpha value is -1.56. The first kappa shape index (κ1) is 9.01. The van der Waals surface area contributed by atoms with Crippen LogP contribution < -0.4 is 4.74 Å². The number of aromatic nitrogens is 2. The van der Waals surface area contributed by atoms with Gasteiger partial charge in [-0.3, -0.25) is 0 Å². The summed E-state index contributed by atoms with van der Waals surface area (Å²) >= 11 is 0. The van der Waals surface area contributed by atoms with Crippen LogP contribution in [0.15, 0.2) is 6.07 Å². The molecule has 0 fully saturated rings. The van der Waals surface area contributed by atoms with Gasteiger partial charge in [-0.1, -0.05) is 0 Å². The molecule has 0 spiro atoms. The first-order valence-electron chi connectivity index (χ1n) is 4.29. The normalized spacial score (nSPS) is 20.8. The summed E-state index contributed by atoms with van der Waals surface area (Å²) in [7, 11) is 0. The molecule has 6 heteroatoms. The van der Waals surface area contributed by atoms with E-state index in [-0.39, 0.29) is 12.3 Å². The van der Waals surface area contributed by atoms with Gasteiger partial charge in [0.2, 0.25) is 5.88 Å². The molecule has 2 rings (SSSR count). The van der Waals surface area contributed by atoms with Gasteiger partial charge in [-0.2, -0.15) is 5.10 Å². The second-order valence-electron chi connectivity index (χ2n) is 3.15. The molecule has 6 nitrogen and oxygen atoms in total. The Bertz CT molecular complexity index is 335. The highest BCUT2D eigenvalue weighted by atomic mass is 16.5. The second-order valence-corrected chi connectivity index (χ2v) is 3.15. The number of carboxylic acid groups (broad SMARTS) is 1. The van der Waals surface area contributed by atoms with Gasteiger partial charge < -0.3 is 14.9 Å². The lowest BCUT2D eigenvalue weighted by molar-refractivity contribution is 0.0689. The van der Waals surface area contributed by atoms with Crippen LogP contribution >= 0.6 is 0 Å². The molecule has 1 aliphatic rings. The monoisotopic (exact) mass is 198 g/mol. The van der Waals surface area contributed by atoms with Gasteiger partial charge in [0.1, 0.15) is 6.61 Å². The highest BCUT2D eigenvalue weighted by Gasteiger charge is 2.19. The molecule has 76 valence electrons. The van der Waals surface area contributed by atoms with Crippen molar-refractivity contribution in [3.63, 3.8) is 0 Å². The van der Waals surface area contributed by atoms with Crippen molar-refractivity contribution in [2.75, 3.05) is 6.61 Å². The molecule has 14 heavy (non-hydrogen) atoms. The van der Waals surface area contributed by atoms with Crippen LogP contribution in [-0.2, 0) is 6.54 Å². The summed E-state index contributed by atoms with van der Waals surface area (Å²) in [5, 5.41) is 21.8. The van der Waals surface area contributed by atoms with Crippen LogP contribution in [0, 0.1) is 0 Å². The Balaban J connectivity index is 2.26. The highest BCUT2D eigenvalue weighted by Crippen LogP contribution is 2.18. The summed E-state index contributed by atoms with van der Waals surface area (Å²) in [6.45, 7) is 0.661. The first-order chi connectivity index (χ1) is 6.66. The van der Waals surface area contributed by atoms with Crippen LogP contribution in [0.5, 0.6) is 5.88 Å². The van der Waals surface area contributed by atoms with Gasteiger partial charge in [0, 0.05) is 12.6 Å². The number of aliphatic hydroxyl groups excluding tert-OH is 1. The van der Waals surface area contributed by atoms with Gasteiger partial charge in [-0.15, -0.1) is 0 Å². The number of carbonyl (C=O) groups is 1. The summed E-state index contributed by atoms with van der Waals surface area (Å²) < 4.78 is 6.64. The third-order valence-corrected chi connectivity index (χ3v) is 2.06. The van der Waals surface area contributed by atoms with E-state index in [0.29, 0.717) is 18.8 Å². The number of carboxylic acids is 1. The smallest absolute Gasteiger partial charge is 0.356 e. The van der Waals surface area contributed by atoms with Crippen LogP contribution in [-0.4, -0.2) is 38.7 Å². The Labute approximate surface area is 79.7 Å². The van der Waals surface area contributed by atoms with Crippen molar-refractivity contribution < 1.29 is 19.7 Å². The summed E-state index contributed by atoms with van der Waals surface area (Å²) in [6, 6.07) is 1.36. The van der Waals surface area contributed by atoms with Crippen molar-refractivity contribution in [3.8, 4) is 5.88 Å². The number of aliphatic hydroxyl groups is 1. The SMILES string of the molecule is O=C(O)c1cc2n(n1)CCC(O)CO2. The molecule has 0 saturated carbocycles. The van der Waals surface area contributed by atoms with Gasteiger partial charge in [-0.25, -0.2) is 9.48 Å². The maximum atomic E-state index is 10.6. The topological polar surface area (TPSA) is 84.6 Å². The van der Waals surface area contributed by atoms with Gasteiger partial charge in [-0.05, 0) is 6.42 Å². The van der Waals surface area contributed by atoms with E-state index in [1.165, 1.54) is 10.7 Å². The molecule has 0 bridgehead atoms. The van der Waals surface area contributed by atoms with E-state index in [2.05, 4.69) is 5.10 Å². The average molecular weight is 198 g/mol. The van der Waals surface area contributed by atoms with Gasteiger partial charge in [0.05, 0.1) is 6.10 Å². The van der Waals surface area contributed by atoms with E-state index in [1.54, 1.807) is 0 Å². The van der Waals surface area contributed by atoms with Crippen molar-refractivity contribution >= 4 is 5.97 Å². The molecule has 1 atom stereocenters. The second kappa shape index (κ2) is 3.30. The highest BCUT2D eigenvalue weighted by molar-refractivity contribution is 5.85. The van der Waals surface area contributed by atoms with Crippen LogP contribution in [0.2, 0.25) is 0 Å². The summed E-state index contributed by atoms with van der Waals surface area (Å²) in [5.74, 6) is -0.673. The summed E-state index contributed by atoms with van der Waals surface area (Å²) in [5.41, 5.74) is -0.0311. The van der Waals surface area contributed by atoms with E-state index in [4.69, 9.17) is 9.84 Å². The lowest BCUT2D eigenvalue weighted by Crippen LogP contribution is -2.15. The fraction of sp³-hybridized carbons (Fsp3) is 0.500. The number of rotatable bonds is 1. The number of aryl methyl sites for hydroxylation is 1. The Morgan fingerprint density at radius 2 is 2.50 bits per heavy atom. The van der Waals surface area contributed by atoms with Crippen molar-refractivity contribution in [1.82, 2.24) is 9.78 Å². The number of fused-ring (bicyclic) bond motifs is 1. The number of hydrogen-bond acceptors (Lipinski definition) is 4. The van der Waals surface area contributed by atoms with Crippen molar-refractivity contribution in [1.29, 1.82) is 0 Å². The Morgan fingerprint density at radius 1 is 1.71 bits per heavy atom. The standard InChI is InChI=1S/C8H10N2O4/c11-5-1-2-10-7(14-4-5)3-6(9-10)8(12)13/h3,5,11H,1-2,4H2,(H,12,13). The molecule has 2 N–H and O–H groups in total. The molecule has 1 unspecified atom stereocenters. The van der Waals surface area contributed by atoms with E-state index in [9.17, 15) is 9.90 Å². The van der Waals surface area contributed by atoms with E-state index >= 15 is 0 Å². The molecule has 0 saturated heterocycles. The van der Waals surface area contributed by atoms with Crippen LogP contribution in [0.3, 0.4) is 0 Å². The molecular formula is C8H10N2O4. The third kappa shape index (κ3) is 1.56. The lowest BCUT2D eigenvalue weighted by atomic mass is 10.3. The first-order valence-corrected chi connectivity index (χ1v) is 4.29. The zero-order valence-electron chi connectivity index (χ0n) is 7.38. The minimum atomic E-state index is -1.07. The van der Waals surface area contributed by atoms with Crippen molar-refractivity contribution in [2.24, 2.45) is 0 Å². The Kier molecular flexibility index (Phi) is 2.12. The third-order valence-electron chi connectivity index (χ3n) is 2.06. The summed E-state index contributed by atoms with van der Waals surface area (Å²) in [4.78, 5) is 10.6. The minimum absolute atomic E-state index is 0.0311. The minimum Gasteiger partial charge on any atom is -0.476 e. The molecule has 1 aromatic heterocycles. The predicted molar refractivity (Wildman–Crippen MR) is 45.3 cm³/mol. The quantitative estimate of drug-likeness (QED) is 0.648. The fourth-order valence-electron chi connectivity index (χ4n) is 1.32. The number of nitrogens with zero attached hydrogens (tertiary/aromatic N) is 2. The molecule has 1 aromatic rings. The van der Waals surface area contributed by atoms with Crippen molar-refractivity contribution in [3.05, 3.63) is 11.8 Å². The fourth-order valence-corrected chi connectivity index (χ4v) is 1.32. The van der Waals surface area contributed by atoms with Gasteiger partial charge in [0.15, 0.2) is 5.69 Å². The van der Waals surface area contributed by atoms with Crippen LogP contribution in [0.1, 0.15) is 16.9 Å². The predicted octanol–water partition coefficient (Wildman–Crippen LogP) is -0.275. The number of ether oxygens (including phenoxy) is 1. The van der Waals surface area contributed by atoms with Gasteiger partial charge in [0.25, 0.3) is 0 Å². The zero-order valence-corrected chi connectivity index (χ0v) is 7.38. The molecule has 1 aliphatic heterocycles. The zero-order chi connectivity index (χ0) is 10.1. The maximum absolute atomic E-state index is 10.6. The van der Waals surface area contributed by atoms with E-state index in [1.807, 2.05) is 0 Å². The molecule has 0 amide bonds. The summed E-state index contributed by atoms with van der Waals surface area (Å²) in [6.07, 6.45) is 0.0123. The molecule has 0 aromatic carbocycles. The number of hydrogen-bond donors (Lipinski definition) is 2. The molecule has 0 radical (unpaired) electrons. The molecular weight excluding hydrogens is 188 g/mol. The molecule has 2 heterocycles. The van der Waals surface area contributed by atoms with E-state index in [0.717, 1.165) is 0 Å². The lowest BCUT2D eigenvalue weighted by Gasteiger charge is -2.03. The largest absolute Gasteiger partial charge is 0.476 e. The Morgan fingerprint density at radius 3 is 3.21 bits per heavy atom. The van der Waals surface area contributed by atoms with Crippen LogP contribution in [0.25, 0.3) is 0 Å². The molecule has 0 aliphatic carbocycles. The maximum Gasteiger partial charge on any atom is 0.356 e. The number of aromatic carboxylic acids is 1. The van der Waals surface area contributed by atoms with Crippen LogP contribution in [0.4, 0.5) is 0 Å². The van der Waals surface area contributed by atoms with E-state index < -0.39 is 12.1 Å².